The van der Waals surface area contributed by atoms with Gasteiger partial charge >= 0.3 is 7.12 Å². The van der Waals surface area contributed by atoms with E-state index in [0.29, 0.717) is 17.6 Å². The van der Waals surface area contributed by atoms with Crippen molar-refractivity contribution in [3.63, 3.8) is 0 Å². The number of rotatable bonds is 5. The Balaban J connectivity index is 1.76. The Hall–Kier alpha value is -1.41. The molecule has 1 amide bonds. The van der Waals surface area contributed by atoms with Crippen LogP contribution in [0.4, 0.5) is 0 Å². The van der Waals surface area contributed by atoms with Crippen molar-refractivity contribution in [1.82, 2.24) is 10.2 Å². The molecule has 0 atom stereocenters. The number of morpholine rings is 1. The zero-order valence-electron chi connectivity index (χ0n) is 11.3. The first kappa shape index (κ1) is 15.0. The fourth-order valence-corrected chi connectivity index (χ4v) is 2.06. The molecule has 1 aromatic rings. The van der Waals surface area contributed by atoms with Crippen molar-refractivity contribution in [2.75, 3.05) is 39.4 Å². The van der Waals surface area contributed by atoms with E-state index < -0.39 is 7.12 Å². The van der Waals surface area contributed by atoms with Crippen molar-refractivity contribution >= 4 is 18.5 Å². The molecule has 1 aromatic carbocycles. The predicted octanol–water partition coefficient (Wildman–Crippen LogP) is -1.57. The zero-order chi connectivity index (χ0) is 14.4. The van der Waals surface area contributed by atoms with Crippen LogP contribution in [0.15, 0.2) is 24.3 Å². The summed E-state index contributed by atoms with van der Waals surface area (Å²) in [6.07, 6.45) is 0. The number of ether oxygens (including phenoxy) is 1. The minimum atomic E-state index is -1.51. The molecule has 0 spiro atoms. The van der Waals surface area contributed by atoms with Gasteiger partial charge in [0.05, 0.1) is 13.2 Å². The monoisotopic (exact) mass is 278 g/mol. The lowest BCUT2D eigenvalue weighted by atomic mass is 9.80. The van der Waals surface area contributed by atoms with Gasteiger partial charge in [-0.25, -0.2) is 0 Å². The normalized spacial score (nSPS) is 15.9. The number of benzene rings is 1. The molecular weight excluding hydrogens is 259 g/mol. The van der Waals surface area contributed by atoms with E-state index in [1.165, 1.54) is 12.1 Å². The van der Waals surface area contributed by atoms with Crippen LogP contribution in [0.25, 0.3) is 0 Å². The van der Waals surface area contributed by atoms with Crippen LogP contribution in [0.5, 0.6) is 0 Å². The van der Waals surface area contributed by atoms with Crippen LogP contribution in [0.2, 0.25) is 0 Å². The fourth-order valence-electron chi connectivity index (χ4n) is 2.06. The third-order valence-electron chi connectivity index (χ3n) is 3.29. The van der Waals surface area contributed by atoms with E-state index in [-0.39, 0.29) is 5.91 Å². The zero-order valence-corrected chi connectivity index (χ0v) is 11.3. The lowest BCUT2D eigenvalue weighted by molar-refractivity contribution is 0.0383. The number of amides is 1. The summed E-state index contributed by atoms with van der Waals surface area (Å²) in [5.41, 5.74) is 0.881. The molecule has 0 aromatic heterocycles. The first-order valence-corrected chi connectivity index (χ1v) is 6.71. The van der Waals surface area contributed by atoms with Crippen LogP contribution in [0, 0.1) is 0 Å². The van der Waals surface area contributed by atoms with Crippen LogP contribution in [0.3, 0.4) is 0 Å². The summed E-state index contributed by atoms with van der Waals surface area (Å²) in [5.74, 6) is -0.155. The van der Waals surface area contributed by atoms with E-state index in [1.807, 2.05) is 0 Å². The van der Waals surface area contributed by atoms with Gasteiger partial charge in [-0.3, -0.25) is 9.69 Å². The van der Waals surface area contributed by atoms with Gasteiger partial charge in [-0.2, -0.15) is 0 Å². The molecule has 108 valence electrons. The smallest absolute Gasteiger partial charge is 0.423 e. The van der Waals surface area contributed by atoms with E-state index in [4.69, 9.17) is 14.8 Å². The molecule has 6 nitrogen and oxygen atoms in total. The van der Waals surface area contributed by atoms with Crippen LogP contribution in [0.1, 0.15) is 10.4 Å². The lowest BCUT2D eigenvalue weighted by Gasteiger charge is -2.26. The van der Waals surface area contributed by atoms with Gasteiger partial charge in [0, 0.05) is 31.7 Å². The van der Waals surface area contributed by atoms with E-state index in [1.54, 1.807) is 12.1 Å². The first-order chi connectivity index (χ1) is 9.66. The minimum Gasteiger partial charge on any atom is -0.423 e. The molecule has 1 heterocycles. The Labute approximate surface area is 118 Å². The number of carbonyl (C=O) groups is 1. The molecule has 1 saturated heterocycles. The van der Waals surface area contributed by atoms with Crippen LogP contribution >= 0.6 is 0 Å². The molecule has 0 radical (unpaired) electrons. The molecule has 0 bridgehead atoms. The molecule has 1 aliphatic heterocycles. The van der Waals surface area contributed by atoms with Gasteiger partial charge in [0.25, 0.3) is 5.91 Å². The molecule has 0 unspecified atom stereocenters. The predicted molar refractivity (Wildman–Crippen MR) is 75.9 cm³/mol. The largest absolute Gasteiger partial charge is 0.488 e. The minimum absolute atomic E-state index is 0.155. The highest BCUT2D eigenvalue weighted by atomic mass is 16.5. The van der Waals surface area contributed by atoms with Crippen molar-refractivity contribution < 1.29 is 19.6 Å². The molecule has 3 N–H and O–H groups in total. The quantitative estimate of drug-likeness (QED) is 0.567. The summed E-state index contributed by atoms with van der Waals surface area (Å²) < 4.78 is 5.26. The number of nitrogens with zero attached hydrogens (tertiary/aromatic N) is 1. The van der Waals surface area contributed by atoms with Gasteiger partial charge in [-0.1, -0.05) is 12.1 Å². The lowest BCUT2D eigenvalue weighted by Crippen LogP contribution is -2.41. The van der Waals surface area contributed by atoms with Crippen molar-refractivity contribution in [1.29, 1.82) is 0 Å². The fraction of sp³-hybridized carbons (Fsp3) is 0.462. The van der Waals surface area contributed by atoms with E-state index in [9.17, 15) is 4.79 Å². The van der Waals surface area contributed by atoms with Crippen molar-refractivity contribution in [3.05, 3.63) is 29.8 Å². The first-order valence-electron chi connectivity index (χ1n) is 6.71. The van der Waals surface area contributed by atoms with E-state index in [0.717, 1.165) is 32.8 Å². The van der Waals surface area contributed by atoms with Gasteiger partial charge in [0.2, 0.25) is 0 Å². The van der Waals surface area contributed by atoms with Crippen molar-refractivity contribution in [2.45, 2.75) is 0 Å². The van der Waals surface area contributed by atoms with Crippen LogP contribution in [-0.4, -0.2) is 67.4 Å². The summed E-state index contributed by atoms with van der Waals surface area (Å²) in [7, 11) is -1.51. The Morgan fingerprint density at radius 3 is 2.50 bits per heavy atom. The maximum Gasteiger partial charge on any atom is 0.488 e. The Kier molecular flexibility index (Phi) is 5.54. The summed E-state index contributed by atoms with van der Waals surface area (Å²) in [4.78, 5) is 14.1. The number of carbonyl (C=O) groups excluding carboxylic acids is 1. The van der Waals surface area contributed by atoms with Gasteiger partial charge in [-0.05, 0) is 17.6 Å². The number of hydrogen-bond acceptors (Lipinski definition) is 5. The van der Waals surface area contributed by atoms with E-state index >= 15 is 0 Å². The second-order valence-electron chi connectivity index (χ2n) is 4.71. The van der Waals surface area contributed by atoms with Crippen LogP contribution < -0.4 is 10.8 Å². The summed E-state index contributed by atoms with van der Waals surface area (Å²) in [6.45, 7) is 4.70. The molecule has 1 aliphatic rings. The summed E-state index contributed by atoms with van der Waals surface area (Å²) in [6, 6.07) is 6.22. The average Bonchev–Trinajstić information content (AvgIpc) is 2.48. The molecular formula is C13H19BN2O4. The Morgan fingerprint density at radius 2 is 1.90 bits per heavy atom. The van der Waals surface area contributed by atoms with Gasteiger partial charge in [0.15, 0.2) is 0 Å². The van der Waals surface area contributed by atoms with Gasteiger partial charge in [0.1, 0.15) is 0 Å². The molecule has 0 aliphatic carbocycles. The van der Waals surface area contributed by atoms with Gasteiger partial charge in [-0.15, -0.1) is 0 Å². The molecule has 2 rings (SSSR count). The highest BCUT2D eigenvalue weighted by molar-refractivity contribution is 6.58. The second-order valence-corrected chi connectivity index (χ2v) is 4.71. The maximum absolute atomic E-state index is 11.9. The second kappa shape index (κ2) is 7.40. The van der Waals surface area contributed by atoms with Gasteiger partial charge < -0.3 is 20.1 Å². The molecule has 1 fully saturated rings. The average molecular weight is 278 g/mol. The third-order valence-corrected chi connectivity index (χ3v) is 3.29. The number of hydrogen-bond donors (Lipinski definition) is 3. The molecule has 0 saturated carbocycles. The SMILES string of the molecule is O=C(NCCN1CCOCC1)c1ccc(B(O)O)cc1. The maximum atomic E-state index is 11.9. The standard InChI is InChI=1S/C13H19BN2O4/c17-13(11-1-3-12(4-2-11)14(18)19)15-5-6-16-7-9-20-10-8-16/h1-4,18-19H,5-10H2,(H,15,17). The molecule has 20 heavy (non-hydrogen) atoms. The molecule has 7 heteroatoms. The third kappa shape index (κ3) is 4.31. The highest BCUT2D eigenvalue weighted by Crippen LogP contribution is 1.98. The Morgan fingerprint density at radius 1 is 1.25 bits per heavy atom. The Bertz CT molecular complexity index is 433. The number of nitrogens with one attached hydrogen (secondary N) is 1. The van der Waals surface area contributed by atoms with Crippen LogP contribution in [-0.2, 0) is 4.74 Å². The van der Waals surface area contributed by atoms with E-state index in [2.05, 4.69) is 10.2 Å². The summed E-state index contributed by atoms with van der Waals surface area (Å²) in [5, 5.41) is 20.8. The highest BCUT2D eigenvalue weighted by Gasteiger charge is 2.13. The van der Waals surface area contributed by atoms with Crippen molar-refractivity contribution in [2.24, 2.45) is 0 Å². The van der Waals surface area contributed by atoms with Crippen molar-refractivity contribution in [3.8, 4) is 0 Å². The summed E-state index contributed by atoms with van der Waals surface area (Å²) >= 11 is 0. The topological polar surface area (TPSA) is 82.0 Å².